The summed E-state index contributed by atoms with van der Waals surface area (Å²) in [6.07, 6.45) is -3.13. The summed E-state index contributed by atoms with van der Waals surface area (Å²) in [5, 5.41) is 20.5. The SMILES string of the molecule is N#C/C(=C\c1ccc(Cl)c([N+](=O)[O-])c1)c1nc2cc(C(F)(F)F)ccc2s1. The first kappa shape index (κ1) is 18.8. The lowest BCUT2D eigenvalue weighted by atomic mass is 10.1. The number of aromatic nitrogens is 1. The first-order chi connectivity index (χ1) is 12.7. The molecule has 0 saturated carbocycles. The highest BCUT2D eigenvalue weighted by atomic mass is 35.5. The molecule has 0 atom stereocenters. The van der Waals surface area contributed by atoms with Gasteiger partial charge in [0.25, 0.3) is 5.69 Å². The molecule has 0 unspecified atom stereocenters. The molecule has 10 heteroatoms. The Morgan fingerprint density at radius 3 is 2.67 bits per heavy atom. The van der Waals surface area contributed by atoms with Crippen LogP contribution in [-0.2, 0) is 6.18 Å². The molecular formula is C17H7ClF3N3O2S. The van der Waals surface area contributed by atoms with Crippen molar-refractivity contribution in [3.05, 3.63) is 67.7 Å². The molecule has 1 heterocycles. The van der Waals surface area contributed by atoms with Crippen LogP contribution in [0.4, 0.5) is 18.9 Å². The summed E-state index contributed by atoms with van der Waals surface area (Å²) in [6.45, 7) is 0. The number of benzene rings is 2. The van der Waals surface area contributed by atoms with Gasteiger partial charge in [0.15, 0.2) is 0 Å². The predicted octanol–water partition coefficient (Wildman–Crippen LogP) is 5.94. The molecule has 0 aliphatic carbocycles. The molecule has 3 aromatic rings. The first-order valence-electron chi connectivity index (χ1n) is 7.23. The molecule has 1 aromatic heterocycles. The number of nitriles is 1. The van der Waals surface area contributed by atoms with Gasteiger partial charge in [0.2, 0.25) is 0 Å². The van der Waals surface area contributed by atoms with Crippen LogP contribution < -0.4 is 0 Å². The second-order valence-corrected chi connectivity index (χ2v) is 6.77. The number of rotatable bonds is 3. The Kier molecular flexibility index (Phi) is 4.87. The van der Waals surface area contributed by atoms with Crippen molar-refractivity contribution in [1.29, 1.82) is 5.26 Å². The van der Waals surface area contributed by atoms with Gasteiger partial charge in [0, 0.05) is 6.07 Å². The largest absolute Gasteiger partial charge is 0.416 e. The summed E-state index contributed by atoms with van der Waals surface area (Å²) in [5.41, 5.74) is -0.614. The number of fused-ring (bicyclic) bond motifs is 1. The molecular weight excluding hydrogens is 403 g/mol. The van der Waals surface area contributed by atoms with Gasteiger partial charge in [-0.25, -0.2) is 4.98 Å². The molecule has 136 valence electrons. The van der Waals surface area contributed by atoms with E-state index in [2.05, 4.69) is 4.98 Å². The van der Waals surface area contributed by atoms with Gasteiger partial charge in [0.05, 0.1) is 26.3 Å². The van der Waals surface area contributed by atoms with E-state index in [-0.39, 0.29) is 26.8 Å². The lowest BCUT2D eigenvalue weighted by Crippen LogP contribution is -2.03. The average Bonchev–Trinajstić information content (AvgIpc) is 3.02. The summed E-state index contributed by atoms with van der Waals surface area (Å²) >= 11 is 6.81. The maximum absolute atomic E-state index is 12.8. The number of nitrogens with zero attached hydrogens (tertiary/aromatic N) is 3. The van der Waals surface area contributed by atoms with Crippen LogP contribution in [0.15, 0.2) is 36.4 Å². The van der Waals surface area contributed by atoms with E-state index in [9.17, 15) is 28.5 Å². The molecule has 0 amide bonds. The van der Waals surface area contributed by atoms with Crippen LogP contribution in [0.3, 0.4) is 0 Å². The highest BCUT2D eigenvalue weighted by Gasteiger charge is 2.30. The van der Waals surface area contributed by atoms with Crippen LogP contribution in [0.25, 0.3) is 21.9 Å². The summed E-state index contributed by atoms with van der Waals surface area (Å²) in [7, 11) is 0. The van der Waals surface area contributed by atoms with Gasteiger partial charge in [-0.05, 0) is 35.9 Å². The Hall–Kier alpha value is -2.96. The molecule has 0 bridgehead atoms. The molecule has 0 aliphatic heterocycles. The molecule has 0 fully saturated rings. The van der Waals surface area contributed by atoms with Crippen molar-refractivity contribution in [2.45, 2.75) is 6.18 Å². The highest BCUT2D eigenvalue weighted by molar-refractivity contribution is 7.19. The van der Waals surface area contributed by atoms with Crippen molar-refractivity contribution >= 4 is 50.5 Å². The first-order valence-corrected chi connectivity index (χ1v) is 8.42. The van der Waals surface area contributed by atoms with E-state index in [0.717, 1.165) is 23.5 Å². The minimum atomic E-state index is -4.49. The highest BCUT2D eigenvalue weighted by Crippen LogP contribution is 2.35. The Bertz CT molecular complexity index is 1130. The number of allylic oxidation sites excluding steroid dienone is 1. The monoisotopic (exact) mass is 409 g/mol. The molecule has 0 spiro atoms. The summed E-state index contributed by atoms with van der Waals surface area (Å²) in [5.74, 6) is 0. The normalized spacial score (nSPS) is 12.2. The van der Waals surface area contributed by atoms with Crippen molar-refractivity contribution in [2.24, 2.45) is 0 Å². The van der Waals surface area contributed by atoms with Crippen LogP contribution in [-0.4, -0.2) is 9.91 Å². The number of hydrogen-bond acceptors (Lipinski definition) is 5. The predicted molar refractivity (Wildman–Crippen MR) is 96.2 cm³/mol. The fraction of sp³-hybridized carbons (Fsp3) is 0.0588. The molecule has 0 radical (unpaired) electrons. The summed E-state index contributed by atoms with van der Waals surface area (Å²) in [4.78, 5) is 14.4. The van der Waals surface area contributed by atoms with E-state index >= 15 is 0 Å². The average molecular weight is 410 g/mol. The third kappa shape index (κ3) is 3.92. The zero-order valence-corrected chi connectivity index (χ0v) is 14.7. The zero-order valence-electron chi connectivity index (χ0n) is 13.1. The Labute approximate surface area is 159 Å². The maximum Gasteiger partial charge on any atom is 0.416 e. The number of hydrogen-bond donors (Lipinski definition) is 0. The van der Waals surface area contributed by atoms with Crippen LogP contribution >= 0.6 is 22.9 Å². The van der Waals surface area contributed by atoms with Crippen LogP contribution in [0.5, 0.6) is 0 Å². The van der Waals surface area contributed by atoms with Crippen LogP contribution in [0.2, 0.25) is 5.02 Å². The minimum absolute atomic E-state index is 0.0460. The Balaban J connectivity index is 2.06. The summed E-state index contributed by atoms with van der Waals surface area (Å²) < 4.78 is 38.9. The van der Waals surface area contributed by atoms with Gasteiger partial charge < -0.3 is 0 Å². The van der Waals surface area contributed by atoms with Crippen molar-refractivity contribution in [2.75, 3.05) is 0 Å². The van der Waals surface area contributed by atoms with Gasteiger partial charge in [-0.1, -0.05) is 17.7 Å². The third-order valence-corrected chi connectivity index (χ3v) is 4.93. The van der Waals surface area contributed by atoms with Crippen LogP contribution in [0.1, 0.15) is 16.1 Å². The van der Waals surface area contributed by atoms with E-state index in [4.69, 9.17) is 11.6 Å². The number of nitro groups is 1. The van der Waals surface area contributed by atoms with Gasteiger partial charge in [0.1, 0.15) is 16.1 Å². The van der Waals surface area contributed by atoms with E-state index in [1.54, 1.807) is 0 Å². The van der Waals surface area contributed by atoms with E-state index in [1.165, 1.54) is 30.3 Å². The molecule has 2 aromatic carbocycles. The van der Waals surface area contributed by atoms with Gasteiger partial charge in [-0.15, -0.1) is 11.3 Å². The Morgan fingerprint density at radius 2 is 2.04 bits per heavy atom. The second-order valence-electron chi connectivity index (χ2n) is 5.34. The van der Waals surface area contributed by atoms with Crippen molar-refractivity contribution < 1.29 is 18.1 Å². The minimum Gasteiger partial charge on any atom is -0.258 e. The van der Waals surface area contributed by atoms with Crippen molar-refractivity contribution in [3.8, 4) is 6.07 Å². The lowest BCUT2D eigenvalue weighted by molar-refractivity contribution is -0.384. The number of halogens is 4. The Morgan fingerprint density at radius 1 is 1.30 bits per heavy atom. The van der Waals surface area contributed by atoms with E-state index in [1.807, 2.05) is 6.07 Å². The zero-order chi connectivity index (χ0) is 19.8. The van der Waals surface area contributed by atoms with Crippen molar-refractivity contribution in [1.82, 2.24) is 4.98 Å². The lowest BCUT2D eigenvalue weighted by Gasteiger charge is -2.04. The van der Waals surface area contributed by atoms with Gasteiger partial charge in [-0.2, -0.15) is 18.4 Å². The fourth-order valence-corrected chi connectivity index (χ4v) is 3.39. The molecule has 0 N–H and O–H groups in total. The van der Waals surface area contributed by atoms with E-state index < -0.39 is 16.7 Å². The molecule has 3 rings (SSSR count). The maximum atomic E-state index is 12.8. The van der Waals surface area contributed by atoms with E-state index in [0.29, 0.717) is 10.3 Å². The van der Waals surface area contributed by atoms with Gasteiger partial charge >= 0.3 is 6.18 Å². The topological polar surface area (TPSA) is 79.8 Å². The number of nitro benzene ring substituents is 1. The van der Waals surface area contributed by atoms with Gasteiger partial charge in [-0.3, -0.25) is 10.1 Å². The second kappa shape index (κ2) is 6.98. The molecule has 0 saturated heterocycles. The molecule has 27 heavy (non-hydrogen) atoms. The summed E-state index contributed by atoms with van der Waals surface area (Å²) in [6, 6.07) is 9.09. The standard InChI is InChI=1S/C17H7ClF3N3O2S/c18-12-3-1-9(6-14(12)24(25)26)5-10(8-22)16-23-13-7-11(17(19,20)21)2-4-15(13)27-16/h1-7H/b10-5+. The quantitative estimate of drug-likeness (QED) is 0.304. The number of alkyl halides is 3. The smallest absolute Gasteiger partial charge is 0.258 e. The molecule has 5 nitrogen and oxygen atoms in total. The number of thiazole rings is 1. The fourth-order valence-electron chi connectivity index (χ4n) is 2.29. The van der Waals surface area contributed by atoms with Crippen LogP contribution in [0, 0.1) is 21.4 Å². The third-order valence-electron chi connectivity index (χ3n) is 3.54. The van der Waals surface area contributed by atoms with Crippen molar-refractivity contribution in [3.63, 3.8) is 0 Å². The molecule has 0 aliphatic rings.